The molecule has 9 heteroatoms. The van der Waals surface area contributed by atoms with Crippen molar-refractivity contribution in [2.24, 2.45) is 0 Å². The van der Waals surface area contributed by atoms with Gasteiger partial charge in [0.1, 0.15) is 23.1 Å². The third-order valence-corrected chi connectivity index (χ3v) is 5.27. The van der Waals surface area contributed by atoms with E-state index >= 15 is 0 Å². The van der Waals surface area contributed by atoms with Gasteiger partial charge in [0, 0.05) is 5.56 Å². The quantitative estimate of drug-likeness (QED) is 0.412. The van der Waals surface area contributed by atoms with E-state index in [0.29, 0.717) is 33.8 Å². The topological polar surface area (TPSA) is 127 Å². The van der Waals surface area contributed by atoms with Crippen molar-refractivity contribution in [3.63, 3.8) is 0 Å². The summed E-state index contributed by atoms with van der Waals surface area (Å²) < 4.78 is 20.1. The van der Waals surface area contributed by atoms with Gasteiger partial charge in [0.2, 0.25) is 0 Å². The summed E-state index contributed by atoms with van der Waals surface area (Å²) in [5, 5.41) is 16.2. The highest BCUT2D eigenvalue weighted by Crippen LogP contribution is 2.30. The molecule has 4 rings (SSSR count). The molecule has 2 heterocycles. The molecular weight excluding hydrogens is 425 g/mol. The number of aliphatic hydroxyl groups is 1. The summed E-state index contributed by atoms with van der Waals surface area (Å²) >= 11 is 0. The number of aryl methyl sites for hydroxylation is 2. The summed E-state index contributed by atoms with van der Waals surface area (Å²) in [6.45, 7) is 3.22. The highest BCUT2D eigenvalue weighted by molar-refractivity contribution is 5.95. The first kappa shape index (κ1) is 22.1. The van der Waals surface area contributed by atoms with Crippen molar-refractivity contribution in [3.05, 3.63) is 83.1 Å². The maximum atomic E-state index is 14.9. The number of aliphatic hydroxyl groups excluding tert-OH is 1. The molecular formula is C24H22FN5O3. The monoisotopic (exact) mass is 447 g/mol. The fourth-order valence-corrected chi connectivity index (χ4v) is 3.58. The Balaban J connectivity index is 1.63. The summed E-state index contributed by atoms with van der Waals surface area (Å²) in [6.07, 6.45) is 1.50. The average molecular weight is 447 g/mol. The molecule has 1 unspecified atom stereocenters. The number of anilines is 1. The number of carbonyl (C=O) groups excluding carboxylic acids is 1. The maximum Gasteiger partial charge on any atom is 0.254 e. The molecule has 0 bridgehead atoms. The predicted molar refractivity (Wildman–Crippen MR) is 121 cm³/mol. The SMILES string of the molecule is Cc1noc(C)c1-c1cnc(N)c(-c2ccc(C(=O)NC(CO)c3ccccc3)c(F)c2)n1. The number of hydrogen-bond donors (Lipinski definition) is 3. The minimum absolute atomic E-state index is 0.117. The Bertz CT molecular complexity index is 1290. The van der Waals surface area contributed by atoms with Crippen molar-refractivity contribution in [1.29, 1.82) is 0 Å². The maximum absolute atomic E-state index is 14.9. The number of halogens is 1. The van der Waals surface area contributed by atoms with Crippen LogP contribution < -0.4 is 11.1 Å². The third-order valence-electron chi connectivity index (χ3n) is 5.27. The summed E-state index contributed by atoms with van der Waals surface area (Å²) in [5.41, 5.74) is 9.02. The van der Waals surface area contributed by atoms with Gasteiger partial charge in [-0.05, 0) is 31.5 Å². The van der Waals surface area contributed by atoms with Gasteiger partial charge in [-0.3, -0.25) is 4.79 Å². The highest BCUT2D eigenvalue weighted by Gasteiger charge is 2.20. The molecule has 4 aromatic rings. The fraction of sp³-hybridized carbons (Fsp3) is 0.167. The number of rotatable bonds is 6. The van der Waals surface area contributed by atoms with Crippen LogP contribution in [0.2, 0.25) is 0 Å². The molecule has 0 fully saturated rings. The first-order valence-corrected chi connectivity index (χ1v) is 10.2. The van der Waals surface area contributed by atoms with Crippen LogP contribution in [0.15, 0.2) is 59.3 Å². The Labute approximate surface area is 189 Å². The number of nitrogen functional groups attached to an aromatic ring is 1. The molecule has 168 valence electrons. The van der Waals surface area contributed by atoms with Crippen LogP contribution in [-0.2, 0) is 0 Å². The second-order valence-electron chi connectivity index (χ2n) is 7.50. The zero-order valence-corrected chi connectivity index (χ0v) is 18.0. The van der Waals surface area contributed by atoms with Gasteiger partial charge >= 0.3 is 0 Å². The van der Waals surface area contributed by atoms with Crippen LogP contribution in [0.5, 0.6) is 0 Å². The van der Waals surface area contributed by atoms with Gasteiger partial charge in [-0.15, -0.1) is 0 Å². The molecule has 0 aliphatic heterocycles. The van der Waals surface area contributed by atoms with Gasteiger partial charge in [0.05, 0.1) is 41.4 Å². The second kappa shape index (κ2) is 9.17. The molecule has 0 spiro atoms. The Morgan fingerprint density at radius 3 is 2.61 bits per heavy atom. The number of nitrogens with zero attached hydrogens (tertiary/aromatic N) is 3. The molecule has 0 aliphatic carbocycles. The van der Waals surface area contributed by atoms with E-state index in [1.54, 1.807) is 44.2 Å². The molecule has 1 atom stereocenters. The lowest BCUT2D eigenvalue weighted by atomic mass is 10.0. The van der Waals surface area contributed by atoms with Crippen LogP contribution in [-0.4, -0.2) is 32.7 Å². The van der Waals surface area contributed by atoms with Crippen molar-refractivity contribution in [2.45, 2.75) is 19.9 Å². The zero-order chi connectivity index (χ0) is 23.5. The van der Waals surface area contributed by atoms with E-state index in [1.807, 2.05) is 6.07 Å². The van der Waals surface area contributed by atoms with Crippen LogP contribution >= 0.6 is 0 Å². The van der Waals surface area contributed by atoms with E-state index < -0.39 is 17.8 Å². The van der Waals surface area contributed by atoms with E-state index in [0.717, 1.165) is 0 Å². The average Bonchev–Trinajstić information content (AvgIpc) is 3.16. The molecule has 4 N–H and O–H groups in total. The Hall–Kier alpha value is -4.11. The van der Waals surface area contributed by atoms with E-state index in [-0.39, 0.29) is 23.7 Å². The second-order valence-corrected chi connectivity index (χ2v) is 7.50. The van der Waals surface area contributed by atoms with Crippen LogP contribution in [0, 0.1) is 19.7 Å². The van der Waals surface area contributed by atoms with Crippen molar-refractivity contribution in [2.75, 3.05) is 12.3 Å². The number of nitrogens with one attached hydrogen (secondary N) is 1. The Morgan fingerprint density at radius 2 is 1.97 bits per heavy atom. The summed E-state index contributed by atoms with van der Waals surface area (Å²) in [4.78, 5) is 21.4. The number of hydrogen-bond acceptors (Lipinski definition) is 7. The number of benzene rings is 2. The summed E-state index contributed by atoms with van der Waals surface area (Å²) in [7, 11) is 0. The van der Waals surface area contributed by atoms with Crippen molar-refractivity contribution >= 4 is 11.7 Å². The normalized spacial score (nSPS) is 11.9. The van der Waals surface area contributed by atoms with E-state index in [2.05, 4.69) is 20.4 Å². The first-order valence-electron chi connectivity index (χ1n) is 10.2. The van der Waals surface area contributed by atoms with E-state index in [1.165, 1.54) is 18.3 Å². The van der Waals surface area contributed by atoms with Gasteiger partial charge < -0.3 is 20.7 Å². The molecule has 0 saturated carbocycles. The number of amides is 1. The third kappa shape index (κ3) is 4.44. The number of nitrogens with two attached hydrogens (primary N) is 1. The largest absolute Gasteiger partial charge is 0.394 e. The molecule has 0 radical (unpaired) electrons. The lowest BCUT2D eigenvalue weighted by molar-refractivity contribution is 0.0912. The minimum atomic E-state index is -0.751. The van der Waals surface area contributed by atoms with Gasteiger partial charge in [-0.1, -0.05) is 41.6 Å². The smallest absolute Gasteiger partial charge is 0.254 e. The standard InChI is InChI=1S/C24H22FN5O3/c1-13-21(14(2)33-30-13)19-11-27-23(26)22(28-19)16-8-9-17(18(25)10-16)24(32)29-20(12-31)15-6-4-3-5-7-15/h3-11,20,31H,12H2,1-2H3,(H2,26,27)(H,29,32). The molecule has 2 aromatic carbocycles. The minimum Gasteiger partial charge on any atom is -0.394 e. The highest BCUT2D eigenvalue weighted by atomic mass is 19.1. The molecule has 2 aromatic heterocycles. The Morgan fingerprint density at radius 1 is 1.21 bits per heavy atom. The zero-order valence-electron chi connectivity index (χ0n) is 18.0. The number of carbonyl (C=O) groups is 1. The molecule has 1 amide bonds. The van der Waals surface area contributed by atoms with Crippen molar-refractivity contribution in [1.82, 2.24) is 20.4 Å². The van der Waals surface area contributed by atoms with E-state index in [4.69, 9.17) is 10.3 Å². The molecule has 8 nitrogen and oxygen atoms in total. The molecule has 0 aliphatic rings. The van der Waals surface area contributed by atoms with Gasteiger partial charge in [0.25, 0.3) is 5.91 Å². The van der Waals surface area contributed by atoms with Crippen LogP contribution in [0.3, 0.4) is 0 Å². The van der Waals surface area contributed by atoms with Crippen LogP contribution in [0.25, 0.3) is 22.5 Å². The van der Waals surface area contributed by atoms with Gasteiger partial charge in [0.15, 0.2) is 0 Å². The van der Waals surface area contributed by atoms with Crippen molar-refractivity contribution < 1.29 is 18.8 Å². The van der Waals surface area contributed by atoms with E-state index in [9.17, 15) is 14.3 Å². The Kier molecular flexibility index (Phi) is 6.14. The first-order chi connectivity index (χ1) is 15.9. The lowest BCUT2D eigenvalue weighted by Gasteiger charge is -2.17. The summed E-state index contributed by atoms with van der Waals surface area (Å²) in [6, 6.07) is 12.4. The summed E-state index contributed by atoms with van der Waals surface area (Å²) in [5.74, 6) is -0.705. The number of aromatic nitrogens is 3. The van der Waals surface area contributed by atoms with Gasteiger partial charge in [-0.25, -0.2) is 14.4 Å². The fourth-order valence-electron chi connectivity index (χ4n) is 3.58. The molecule has 0 saturated heterocycles. The van der Waals surface area contributed by atoms with Crippen molar-refractivity contribution in [3.8, 4) is 22.5 Å². The lowest BCUT2D eigenvalue weighted by Crippen LogP contribution is -2.31. The molecule has 33 heavy (non-hydrogen) atoms. The van der Waals surface area contributed by atoms with Gasteiger partial charge in [-0.2, -0.15) is 0 Å². The predicted octanol–water partition coefficient (Wildman–Crippen LogP) is 3.60. The van der Waals surface area contributed by atoms with Crippen LogP contribution in [0.1, 0.15) is 33.4 Å². The van der Waals surface area contributed by atoms with Crippen LogP contribution in [0.4, 0.5) is 10.2 Å².